The Morgan fingerprint density at radius 2 is 2.25 bits per heavy atom. The summed E-state index contributed by atoms with van der Waals surface area (Å²) < 4.78 is 0. The molecule has 0 saturated heterocycles. The molecular formula is C11H12S. The lowest BCUT2D eigenvalue weighted by Gasteiger charge is -2.05. The van der Waals surface area contributed by atoms with Crippen LogP contribution in [0.3, 0.4) is 0 Å². The van der Waals surface area contributed by atoms with Crippen molar-refractivity contribution in [3.63, 3.8) is 0 Å². The molecule has 1 aromatic rings. The number of aryl methyl sites for hydroxylation is 1. The Morgan fingerprint density at radius 3 is 2.83 bits per heavy atom. The molecule has 0 heterocycles. The van der Waals surface area contributed by atoms with Crippen molar-refractivity contribution in [3.05, 3.63) is 47.5 Å². The second-order valence-corrected chi connectivity index (χ2v) is 2.99. The van der Waals surface area contributed by atoms with Gasteiger partial charge in [-0.1, -0.05) is 36.5 Å². The van der Waals surface area contributed by atoms with Gasteiger partial charge in [0, 0.05) is 5.37 Å². The van der Waals surface area contributed by atoms with Gasteiger partial charge >= 0.3 is 0 Å². The number of allylic oxidation sites excluding steroid dienone is 1. The van der Waals surface area contributed by atoms with Gasteiger partial charge < -0.3 is 0 Å². The van der Waals surface area contributed by atoms with Crippen LogP contribution in [-0.2, 0) is 6.42 Å². The SMILES string of the molecule is C=CCc1c(C)cccc1C=S. The van der Waals surface area contributed by atoms with Gasteiger partial charge in [-0.3, -0.25) is 0 Å². The molecule has 1 heteroatoms. The van der Waals surface area contributed by atoms with Crippen molar-refractivity contribution >= 4 is 17.6 Å². The summed E-state index contributed by atoms with van der Waals surface area (Å²) in [4.78, 5) is 0. The van der Waals surface area contributed by atoms with Gasteiger partial charge in [-0.25, -0.2) is 0 Å². The first-order chi connectivity index (χ1) is 5.79. The van der Waals surface area contributed by atoms with Gasteiger partial charge in [0.2, 0.25) is 0 Å². The predicted molar refractivity (Wildman–Crippen MR) is 57.8 cm³/mol. The second kappa shape index (κ2) is 4.17. The van der Waals surface area contributed by atoms with Crippen LogP contribution < -0.4 is 0 Å². The van der Waals surface area contributed by atoms with E-state index in [1.807, 2.05) is 18.2 Å². The molecule has 12 heavy (non-hydrogen) atoms. The first kappa shape index (κ1) is 9.14. The van der Waals surface area contributed by atoms with Crippen molar-refractivity contribution in [1.29, 1.82) is 0 Å². The quantitative estimate of drug-likeness (QED) is 0.504. The highest BCUT2D eigenvalue weighted by Crippen LogP contribution is 2.13. The zero-order valence-electron chi connectivity index (χ0n) is 7.21. The van der Waals surface area contributed by atoms with Crippen LogP contribution in [-0.4, -0.2) is 5.37 Å². The van der Waals surface area contributed by atoms with Gasteiger partial charge in [0.15, 0.2) is 0 Å². The molecule has 1 aromatic carbocycles. The highest BCUT2D eigenvalue weighted by molar-refractivity contribution is 7.79. The predicted octanol–water partition coefficient (Wildman–Crippen LogP) is 3.07. The Labute approximate surface area is 78.9 Å². The standard InChI is InChI=1S/C11H12S/c1-3-5-11-9(2)6-4-7-10(11)8-12/h3-4,6-8H,1,5H2,2H3. The molecule has 0 amide bonds. The third-order valence-corrected chi connectivity index (χ3v) is 2.18. The van der Waals surface area contributed by atoms with Gasteiger partial charge in [0.25, 0.3) is 0 Å². The van der Waals surface area contributed by atoms with Crippen molar-refractivity contribution in [1.82, 2.24) is 0 Å². The van der Waals surface area contributed by atoms with Gasteiger partial charge in [-0.15, -0.1) is 6.58 Å². The first-order valence-corrected chi connectivity index (χ1v) is 4.41. The van der Waals surface area contributed by atoms with E-state index in [1.54, 1.807) is 5.37 Å². The minimum absolute atomic E-state index is 0.898. The maximum absolute atomic E-state index is 4.92. The van der Waals surface area contributed by atoms with Gasteiger partial charge in [0.1, 0.15) is 0 Å². The van der Waals surface area contributed by atoms with E-state index in [4.69, 9.17) is 12.2 Å². The molecule has 62 valence electrons. The van der Waals surface area contributed by atoms with Crippen molar-refractivity contribution in [2.75, 3.05) is 0 Å². The average molecular weight is 176 g/mol. The maximum Gasteiger partial charge on any atom is 0.00890 e. The average Bonchev–Trinajstić information content (AvgIpc) is 2.09. The van der Waals surface area contributed by atoms with Crippen molar-refractivity contribution in [2.24, 2.45) is 0 Å². The highest BCUT2D eigenvalue weighted by atomic mass is 32.1. The highest BCUT2D eigenvalue weighted by Gasteiger charge is 1.99. The number of hydrogen-bond donors (Lipinski definition) is 0. The molecular weight excluding hydrogens is 164 g/mol. The van der Waals surface area contributed by atoms with Crippen LogP contribution in [0.1, 0.15) is 16.7 Å². The first-order valence-electron chi connectivity index (χ1n) is 3.94. The van der Waals surface area contributed by atoms with Crippen LogP contribution in [0.25, 0.3) is 0 Å². The van der Waals surface area contributed by atoms with E-state index in [-0.39, 0.29) is 0 Å². The maximum atomic E-state index is 4.92. The van der Waals surface area contributed by atoms with Crippen LogP contribution in [0.4, 0.5) is 0 Å². The van der Waals surface area contributed by atoms with E-state index >= 15 is 0 Å². The molecule has 0 aliphatic carbocycles. The van der Waals surface area contributed by atoms with E-state index in [2.05, 4.69) is 19.6 Å². The summed E-state index contributed by atoms with van der Waals surface area (Å²) in [7, 11) is 0. The summed E-state index contributed by atoms with van der Waals surface area (Å²) in [5, 5.41) is 1.73. The molecule has 0 radical (unpaired) electrons. The number of thiocarbonyl (C=S) groups is 1. The number of rotatable bonds is 3. The summed E-state index contributed by atoms with van der Waals surface area (Å²) in [6.07, 6.45) is 2.81. The lowest BCUT2D eigenvalue weighted by molar-refractivity contribution is 1.21. The van der Waals surface area contributed by atoms with Crippen molar-refractivity contribution < 1.29 is 0 Å². The second-order valence-electron chi connectivity index (χ2n) is 2.75. The van der Waals surface area contributed by atoms with Crippen LogP contribution in [0.2, 0.25) is 0 Å². The summed E-state index contributed by atoms with van der Waals surface area (Å²) in [5.74, 6) is 0. The summed E-state index contributed by atoms with van der Waals surface area (Å²) in [6.45, 7) is 5.82. The fraction of sp³-hybridized carbons (Fsp3) is 0.182. The number of benzene rings is 1. The third kappa shape index (κ3) is 1.80. The summed E-state index contributed by atoms with van der Waals surface area (Å²) >= 11 is 4.92. The summed E-state index contributed by atoms with van der Waals surface area (Å²) in [5.41, 5.74) is 3.72. The molecule has 0 aromatic heterocycles. The van der Waals surface area contributed by atoms with Gasteiger partial charge in [-0.05, 0) is 30.0 Å². The largest absolute Gasteiger partial charge is 0.103 e. The molecule has 0 atom stereocenters. The van der Waals surface area contributed by atoms with Gasteiger partial charge in [0.05, 0.1) is 0 Å². The Balaban J connectivity index is 3.18. The molecule has 0 aliphatic rings. The zero-order valence-corrected chi connectivity index (χ0v) is 8.03. The molecule has 0 nitrogen and oxygen atoms in total. The van der Waals surface area contributed by atoms with Crippen LogP contribution >= 0.6 is 12.2 Å². The minimum Gasteiger partial charge on any atom is -0.103 e. The lowest BCUT2D eigenvalue weighted by atomic mass is 10.0. The van der Waals surface area contributed by atoms with Crippen molar-refractivity contribution in [2.45, 2.75) is 13.3 Å². The van der Waals surface area contributed by atoms with E-state index in [0.29, 0.717) is 0 Å². The van der Waals surface area contributed by atoms with E-state index in [0.717, 1.165) is 12.0 Å². The third-order valence-electron chi connectivity index (χ3n) is 1.92. The lowest BCUT2D eigenvalue weighted by Crippen LogP contribution is -1.93. The molecule has 0 unspecified atom stereocenters. The Kier molecular flexibility index (Phi) is 3.18. The fourth-order valence-corrected chi connectivity index (χ4v) is 1.48. The normalized spacial score (nSPS) is 9.42. The molecule has 0 fully saturated rings. The topological polar surface area (TPSA) is 0 Å². The molecule has 0 bridgehead atoms. The molecule has 0 aliphatic heterocycles. The van der Waals surface area contributed by atoms with E-state index in [1.165, 1.54) is 11.1 Å². The zero-order chi connectivity index (χ0) is 8.97. The van der Waals surface area contributed by atoms with Crippen molar-refractivity contribution in [3.8, 4) is 0 Å². The summed E-state index contributed by atoms with van der Waals surface area (Å²) in [6, 6.07) is 6.17. The Bertz CT molecular complexity index is 300. The van der Waals surface area contributed by atoms with E-state index < -0.39 is 0 Å². The minimum atomic E-state index is 0.898. The van der Waals surface area contributed by atoms with E-state index in [9.17, 15) is 0 Å². The smallest absolute Gasteiger partial charge is 0.00890 e. The monoisotopic (exact) mass is 176 g/mol. The Hall–Kier alpha value is -0.950. The number of hydrogen-bond acceptors (Lipinski definition) is 1. The molecule has 0 spiro atoms. The van der Waals surface area contributed by atoms with Crippen LogP contribution in [0.15, 0.2) is 30.9 Å². The molecule has 0 N–H and O–H groups in total. The van der Waals surface area contributed by atoms with Crippen LogP contribution in [0, 0.1) is 6.92 Å². The Morgan fingerprint density at radius 1 is 1.50 bits per heavy atom. The fourth-order valence-electron chi connectivity index (χ4n) is 1.26. The van der Waals surface area contributed by atoms with Gasteiger partial charge in [-0.2, -0.15) is 0 Å². The molecule has 1 rings (SSSR count). The van der Waals surface area contributed by atoms with Crippen LogP contribution in [0.5, 0.6) is 0 Å². The molecule has 0 saturated carbocycles.